The van der Waals surface area contributed by atoms with Crippen molar-refractivity contribution in [1.82, 2.24) is 5.32 Å². The van der Waals surface area contributed by atoms with Gasteiger partial charge in [-0.3, -0.25) is 0 Å². The van der Waals surface area contributed by atoms with Crippen LogP contribution in [0.1, 0.15) is 30.5 Å². The molecule has 0 radical (unpaired) electrons. The van der Waals surface area contributed by atoms with E-state index in [2.05, 4.69) is 5.32 Å². The third-order valence-electron chi connectivity index (χ3n) is 4.58. The van der Waals surface area contributed by atoms with Crippen molar-refractivity contribution in [3.63, 3.8) is 0 Å². The summed E-state index contributed by atoms with van der Waals surface area (Å²) in [5.41, 5.74) is 0.727. The first kappa shape index (κ1) is 21.1. The lowest BCUT2D eigenvalue weighted by molar-refractivity contribution is -0.137. The molecule has 0 saturated carbocycles. The van der Waals surface area contributed by atoms with Gasteiger partial charge in [-0.05, 0) is 42.3 Å². The summed E-state index contributed by atoms with van der Waals surface area (Å²) >= 11 is 0. The minimum absolute atomic E-state index is 0.418. The van der Waals surface area contributed by atoms with E-state index in [1.54, 1.807) is 20.3 Å². The molecule has 148 valence electrons. The second-order valence-electron chi connectivity index (χ2n) is 7.08. The Hall–Kier alpha value is -2.21. The Morgan fingerprint density at radius 2 is 1.56 bits per heavy atom. The lowest BCUT2D eigenvalue weighted by atomic mass is 9.83. The van der Waals surface area contributed by atoms with Crippen LogP contribution in [-0.2, 0) is 18.0 Å². The van der Waals surface area contributed by atoms with Crippen molar-refractivity contribution in [2.75, 3.05) is 27.3 Å². The van der Waals surface area contributed by atoms with E-state index in [1.807, 2.05) is 32.0 Å². The highest BCUT2D eigenvalue weighted by Gasteiger charge is 2.32. The molecule has 2 aromatic rings. The molecule has 0 aliphatic rings. The summed E-state index contributed by atoms with van der Waals surface area (Å²) < 4.78 is 49.3. The Balaban J connectivity index is 1.94. The highest BCUT2D eigenvalue weighted by molar-refractivity contribution is 5.43. The van der Waals surface area contributed by atoms with Crippen LogP contribution in [0.4, 0.5) is 13.2 Å². The minimum atomic E-state index is -4.33. The first-order chi connectivity index (χ1) is 12.7. The molecule has 3 nitrogen and oxygen atoms in total. The predicted octanol–water partition coefficient (Wildman–Crippen LogP) is 4.83. The SMILES string of the molecule is COc1ccc(CCNCC(C)(C)c2cccc(C(F)(F)F)c2)cc1OC. The summed E-state index contributed by atoms with van der Waals surface area (Å²) in [6.07, 6.45) is -3.55. The van der Waals surface area contributed by atoms with Gasteiger partial charge in [-0.1, -0.05) is 38.1 Å². The summed E-state index contributed by atoms with van der Waals surface area (Å²) in [7, 11) is 3.19. The number of methoxy groups -OCH3 is 2. The molecule has 0 bridgehead atoms. The van der Waals surface area contributed by atoms with Crippen LogP contribution in [0.15, 0.2) is 42.5 Å². The second-order valence-corrected chi connectivity index (χ2v) is 7.08. The van der Waals surface area contributed by atoms with Gasteiger partial charge in [0.2, 0.25) is 0 Å². The van der Waals surface area contributed by atoms with Gasteiger partial charge < -0.3 is 14.8 Å². The maximum absolute atomic E-state index is 12.9. The molecule has 2 aromatic carbocycles. The van der Waals surface area contributed by atoms with E-state index in [9.17, 15) is 13.2 Å². The van der Waals surface area contributed by atoms with Crippen LogP contribution in [0.5, 0.6) is 11.5 Å². The van der Waals surface area contributed by atoms with Gasteiger partial charge in [-0.2, -0.15) is 13.2 Å². The lowest BCUT2D eigenvalue weighted by Crippen LogP contribution is -2.34. The monoisotopic (exact) mass is 381 g/mol. The lowest BCUT2D eigenvalue weighted by Gasteiger charge is -2.26. The molecule has 0 aliphatic heterocycles. The topological polar surface area (TPSA) is 30.5 Å². The Bertz CT molecular complexity index is 757. The zero-order valence-corrected chi connectivity index (χ0v) is 16.1. The third kappa shape index (κ3) is 5.63. The van der Waals surface area contributed by atoms with Gasteiger partial charge in [0.15, 0.2) is 11.5 Å². The second kappa shape index (κ2) is 8.65. The molecular formula is C21H26F3NO2. The first-order valence-corrected chi connectivity index (χ1v) is 8.77. The van der Waals surface area contributed by atoms with E-state index in [0.717, 1.165) is 18.1 Å². The number of hydrogen-bond acceptors (Lipinski definition) is 3. The number of alkyl halides is 3. The third-order valence-corrected chi connectivity index (χ3v) is 4.58. The van der Waals surface area contributed by atoms with Crippen molar-refractivity contribution in [2.45, 2.75) is 31.9 Å². The Morgan fingerprint density at radius 1 is 0.889 bits per heavy atom. The average molecular weight is 381 g/mol. The van der Waals surface area contributed by atoms with Crippen LogP contribution in [0.25, 0.3) is 0 Å². The molecule has 0 unspecified atom stereocenters. The van der Waals surface area contributed by atoms with Crippen molar-refractivity contribution in [3.05, 3.63) is 59.2 Å². The van der Waals surface area contributed by atoms with E-state index < -0.39 is 17.2 Å². The van der Waals surface area contributed by atoms with Crippen LogP contribution in [0.2, 0.25) is 0 Å². The Kier molecular flexibility index (Phi) is 6.76. The number of ether oxygens (including phenoxy) is 2. The van der Waals surface area contributed by atoms with Crippen LogP contribution >= 0.6 is 0 Å². The van der Waals surface area contributed by atoms with Crippen LogP contribution in [-0.4, -0.2) is 27.3 Å². The summed E-state index contributed by atoms with van der Waals surface area (Å²) in [5.74, 6) is 1.36. The number of benzene rings is 2. The molecule has 0 saturated heterocycles. The molecule has 0 spiro atoms. The van der Waals surface area contributed by atoms with Crippen molar-refractivity contribution in [3.8, 4) is 11.5 Å². The molecule has 0 aliphatic carbocycles. The van der Waals surface area contributed by atoms with Gasteiger partial charge in [0.1, 0.15) is 0 Å². The van der Waals surface area contributed by atoms with Gasteiger partial charge in [0.05, 0.1) is 19.8 Å². The van der Waals surface area contributed by atoms with E-state index in [-0.39, 0.29) is 0 Å². The molecule has 0 atom stereocenters. The van der Waals surface area contributed by atoms with Crippen LogP contribution < -0.4 is 14.8 Å². The maximum atomic E-state index is 12.9. The molecule has 2 rings (SSSR count). The van der Waals surface area contributed by atoms with E-state index >= 15 is 0 Å². The quantitative estimate of drug-likeness (QED) is 0.664. The standard InChI is InChI=1S/C21H26F3NO2/c1-20(2,16-6-5-7-17(13-16)21(22,23)24)14-25-11-10-15-8-9-18(26-3)19(12-15)27-4/h5-9,12-13,25H,10-11,14H2,1-4H3. The fourth-order valence-corrected chi connectivity index (χ4v) is 2.89. The summed E-state index contributed by atoms with van der Waals surface area (Å²) in [5, 5.41) is 3.34. The first-order valence-electron chi connectivity index (χ1n) is 8.77. The fraction of sp³-hybridized carbons (Fsp3) is 0.429. The van der Waals surface area contributed by atoms with E-state index in [1.165, 1.54) is 12.1 Å². The fourth-order valence-electron chi connectivity index (χ4n) is 2.89. The van der Waals surface area contributed by atoms with E-state index in [4.69, 9.17) is 9.47 Å². The molecule has 0 amide bonds. The number of halogens is 3. The summed E-state index contributed by atoms with van der Waals surface area (Å²) in [6.45, 7) is 5.15. The minimum Gasteiger partial charge on any atom is -0.493 e. The maximum Gasteiger partial charge on any atom is 0.416 e. The summed E-state index contributed by atoms with van der Waals surface area (Å²) in [4.78, 5) is 0. The zero-order valence-electron chi connectivity index (χ0n) is 16.1. The molecule has 0 fully saturated rings. The highest BCUT2D eigenvalue weighted by Crippen LogP contribution is 2.32. The van der Waals surface area contributed by atoms with Gasteiger partial charge >= 0.3 is 6.18 Å². The largest absolute Gasteiger partial charge is 0.493 e. The Morgan fingerprint density at radius 3 is 2.19 bits per heavy atom. The number of hydrogen-bond donors (Lipinski definition) is 1. The van der Waals surface area contributed by atoms with Crippen molar-refractivity contribution < 1.29 is 22.6 Å². The highest BCUT2D eigenvalue weighted by atomic mass is 19.4. The van der Waals surface area contributed by atoms with Gasteiger partial charge in [-0.25, -0.2) is 0 Å². The molecule has 6 heteroatoms. The van der Waals surface area contributed by atoms with Gasteiger partial charge in [-0.15, -0.1) is 0 Å². The number of nitrogens with one attached hydrogen (secondary N) is 1. The summed E-state index contributed by atoms with van der Waals surface area (Å²) in [6, 6.07) is 11.3. The average Bonchev–Trinajstić information content (AvgIpc) is 2.64. The molecule has 0 aromatic heterocycles. The smallest absolute Gasteiger partial charge is 0.416 e. The predicted molar refractivity (Wildman–Crippen MR) is 101 cm³/mol. The zero-order chi connectivity index (χ0) is 20.1. The number of rotatable bonds is 8. The molecular weight excluding hydrogens is 355 g/mol. The van der Waals surface area contributed by atoms with Gasteiger partial charge in [0.25, 0.3) is 0 Å². The van der Waals surface area contributed by atoms with Crippen LogP contribution in [0, 0.1) is 0 Å². The molecule has 0 heterocycles. The van der Waals surface area contributed by atoms with Crippen molar-refractivity contribution in [1.29, 1.82) is 0 Å². The van der Waals surface area contributed by atoms with E-state index in [0.29, 0.717) is 30.2 Å². The van der Waals surface area contributed by atoms with Crippen molar-refractivity contribution >= 4 is 0 Å². The Labute approximate surface area is 158 Å². The van der Waals surface area contributed by atoms with Gasteiger partial charge in [0, 0.05) is 12.0 Å². The van der Waals surface area contributed by atoms with Crippen LogP contribution in [0.3, 0.4) is 0 Å². The molecule has 1 N–H and O–H groups in total. The normalized spacial score (nSPS) is 12.1. The molecule has 27 heavy (non-hydrogen) atoms. The van der Waals surface area contributed by atoms with Crippen molar-refractivity contribution in [2.24, 2.45) is 0 Å².